The van der Waals surface area contributed by atoms with Crippen molar-refractivity contribution in [2.24, 2.45) is 17.1 Å². The van der Waals surface area contributed by atoms with Gasteiger partial charge in [0, 0.05) is 43.5 Å². The zero-order chi connectivity index (χ0) is 31.7. The SMILES string of the molecule is CC(C)(C(N)=O)C(COCc1ccc(F)cc1F)C(=O)N1CCN2C(=O)N(CC(F)(F)F)C(=O)C2(Cc2cccnc2)C1. The van der Waals surface area contributed by atoms with Gasteiger partial charge >= 0.3 is 12.2 Å². The van der Waals surface area contributed by atoms with Gasteiger partial charge in [0.05, 0.1) is 31.1 Å². The number of fused-ring (bicyclic) bond motifs is 1. The van der Waals surface area contributed by atoms with Gasteiger partial charge in [0.25, 0.3) is 5.91 Å². The smallest absolute Gasteiger partial charge is 0.376 e. The summed E-state index contributed by atoms with van der Waals surface area (Å²) in [6.07, 6.45) is -2.22. The number of hydrogen-bond donors (Lipinski definition) is 1. The van der Waals surface area contributed by atoms with Crippen molar-refractivity contribution in [1.29, 1.82) is 0 Å². The molecule has 0 radical (unpaired) electrons. The Balaban J connectivity index is 1.64. The number of amides is 5. The highest BCUT2D eigenvalue weighted by molar-refractivity contribution is 6.08. The van der Waals surface area contributed by atoms with Gasteiger partial charge in [-0.2, -0.15) is 13.2 Å². The fourth-order valence-electron chi connectivity index (χ4n) is 5.34. The van der Waals surface area contributed by atoms with Gasteiger partial charge in [-0.05, 0) is 17.7 Å². The first-order valence-electron chi connectivity index (χ1n) is 13.3. The van der Waals surface area contributed by atoms with Crippen molar-refractivity contribution < 1.29 is 45.9 Å². The van der Waals surface area contributed by atoms with Crippen LogP contribution in [0.1, 0.15) is 25.0 Å². The Hall–Kier alpha value is -4.14. The Morgan fingerprint density at radius 3 is 2.47 bits per heavy atom. The molecule has 2 saturated heterocycles. The summed E-state index contributed by atoms with van der Waals surface area (Å²) in [6, 6.07) is 4.88. The molecule has 0 aliphatic carbocycles. The Morgan fingerprint density at radius 1 is 1.14 bits per heavy atom. The standard InChI is InChI=1S/C28H30F5N5O5/c1-26(2,23(34)40)20(14-43-13-18-5-6-19(29)10-21(18)30)22(39)36-8-9-38-25(42)37(16-28(31,32)33)24(41)27(38,15-36)11-17-4-3-7-35-12-17/h3-7,10,12,20H,8-9,11,13-16H2,1-2H3,(H2,34,40). The van der Waals surface area contributed by atoms with Crippen molar-refractivity contribution >= 4 is 23.8 Å². The monoisotopic (exact) mass is 611 g/mol. The van der Waals surface area contributed by atoms with Crippen molar-refractivity contribution in [2.45, 2.75) is 38.6 Å². The first kappa shape index (κ1) is 31.8. The van der Waals surface area contributed by atoms with E-state index in [1.807, 2.05) is 0 Å². The van der Waals surface area contributed by atoms with Crippen LogP contribution in [0, 0.1) is 23.0 Å². The fraction of sp³-hybridized carbons (Fsp3) is 0.464. The van der Waals surface area contributed by atoms with E-state index in [0.29, 0.717) is 11.6 Å². The molecule has 4 rings (SSSR count). The summed E-state index contributed by atoms with van der Waals surface area (Å²) in [6.45, 7) is -0.710. The lowest BCUT2D eigenvalue weighted by molar-refractivity contribution is -0.159. The van der Waals surface area contributed by atoms with E-state index in [-0.39, 0.29) is 36.6 Å². The molecule has 0 saturated carbocycles. The number of nitrogens with two attached hydrogens (primary N) is 1. The van der Waals surface area contributed by atoms with Crippen LogP contribution in [0.15, 0.2) is 42.7 Å². The van der Waals surface area contributed by atoms with Gasteiger partial charge < -0.3 is 20.3 Å². The number of aromatic nitrogens is 1. The molecule has 2 unspecified atom stereocenters. The summed E-state index contributed by atoms with van der Waals surface area (Å²) >= 11 is 0. The van der Waals surface area contributed by atoms with Crippen LogP contribution in [0.3, 0.4) is 0 Å². The number of urea groups is 1. The molecular weight excluding hydrogens is 581 g/mol. The van der Waals surface area contributed by atoms with Gasteiger partial charge in [-0.1, -0.05) is 26.0 Å². The normalized spacial score (nSPS) is 19.9. The van der Waals surface area contributed by atoms with Crippen LogP contribution in [0.5, 0.6) is 0 Å². The number of pyridine rings is 1. The van der Waals surface area contributed by atoms with Crippen molar-refractivity contribution in [3.8, 4) is 0 Å². The Bertz CT molecular complexity index is 1410. The zero-order valence-electron chi connectivity index (χ0n) is 23.4. The quantitative estimate of drug-likeness (QED) is 0.325. The summed E-state index contributed by atoms with van der Waals surface area (Å²) in [5.41, 5.74) is 2.63. The average molecular weight is 612 g/mol. The number of halogens is 5. The highest BCUT2D eigenvalue weighted by Crippen LogP contribution is 2.38. The van der Waals surface area contributed by atoms with E-state index >= 15 is 0 Å². The third-order valence-corrected chi connectivity index (χ3v) is 7.90. The molecule has 15 heteroatoms. The van der Waals surface area contributed by atoms with Gasteiger partial charge in [0.15, 0.2) is 0 Å². The highest BCUT2D eigenvalue weighted by Gasteiger charge is 2.62. The number of nitrogens with zero attached hydrogens (tertiary/aromatic N) is 4. The molecule has 2 aliphatic rings. The Kier molecular flexibility index (Phi) is 8.77. The molecule has 2 fully saturated rings. The van der Waals surface area contributed by atoms with Gasteiger partial charge in [-0.15, -0.1) is 0 Å². The van der Waals surface area contributed by atoms with Crippen LogP contribution in [-0.2, 0) is 32.1 Å². The number of hydrogen-bond acceptors (Lipinski definition) is 6. The molecule has 2 N–H and O–H groups in total. The minimum absolute atomic E-state index is 0.00617. The van der Waals surface area contributed by atoms with E-state index in [4.69, 9.17) is 10.5 Å². The molecule has 43 heavy (non-hydrogen) atoms. The van der Waals surface area contributed by atoms with Crippen molar-refractivity contribution in [1.82, 2.24) is 19.7 Å². The lowest BCUT2D eigenvalue weighted by atomic mass is 9.77. The van der Waals surface area contributed by atoms with Crippen LogP contribution < -0.4 is 5.73 Å². The summed E-state index contributed by atoms with van der Waals surface area (Å²) < 4.78 is 73.0. The van der Waals surface area contributed by atoms with Crippen LogP contribution in [-0.4, -0.2) is 87.9 Å². The first-order chi connectivity index (χ1) is 20.1. The van der Waals surface area contributed by atoms with E-state index < -0.39 is 78.1 Å². The van der Waals surface area contributed by atoms with E-state index in [1.165, 1.54) is 31.1 Å². The van der Waals surface area contributed by atoms with E-state index in [0.717, 1.165) is 17.0 Å². The van der Waals surface area contributed by atoms with Gasteiger partial charge in [-0.25, -0.2) is 13.6 Å². The zero-order valence-corrected chi connectivity index (χ0v) is 23.4. The van der Waals surface area contributed by atoms with Crippen LogP contribution in [0.4, 0.5) is 26.7 Å². The number of rotatable bonds is 10. The lowest BCUT2D eigenvalue weighted by Gasteiger charge is -2.46. The molecule has 1 aromatic heterocycles. The van der Waals surface area contributed by atoms with Gasteiger partial charge in [0.1, 0.15) is 23.7 Å². The van der Waals surface area contributed by atoms with Crippen LogP contribution in [0.2, 0.25) is 0 Å². The molecule has 10 nitrogen and oxygen atoms in total. The second kappa shape index (κ2) is 11.9. The predicted molar refractivity (Wildman–Crippen MR) is 140 cm³/mol. The lowest BCUT2D eigenvalue weighted by Crippen LogP contribution is -2.66. The second-order valence-electron chi connectivity index (χ2n) is 11.2. The van der Waals surface area contributed by atoms with Crippen LogP contribution >= 0.6 is 0 Å². The minimum Gasteiger partial charge on any atom is -0.376 e. The number of benzene rings is 1. The minimum atomic E-state index is -4.86. The van der Waals surface area contributed by atoms with Gasteiger partial charge in [0.2, 0.25) is 11.8 Å². The summed E-state index contributed by atoms with van der Waals surface area (Å²) in [5, 5.41) is 0. The number of alkyl halides is 3. The van der Waals surface area contributed by atoms with E-state index in [9.17, 15) is 41.1 Å². The third-order valence-electron chi connectivity index (χ3n) is 7.90. The molecule has 0 spiro atoms. The Labute approximate surface area is 243 Å². The largest absolute Gasteiger partial charge is 0.406 e. The summed E-state index contributed by atoms with van der Waals surface area (Å²) in [4.78, 5) is 59.4. The van der Waals surface area contributed by atoms with Crippen LogP contribution in [0.25, 0.3) is 0 Å². The number of carbonyl (C=O) groups excluding carboxylic acids is 4. The molecule has 1 aromatic carbocycles. The molecule has 0 bridgehead atoms. The topological polar surface area (TPSA) is 126 Å². The summed E-state index contributed by atoms with van der Waals surface area (Å²) in [5.74, 6) is -5.63. The maximum atomic E-state index is 14.1. The molecule has 5 amide bonds. The fourth-order valence-corrected chi connectivity index (χ4v) is 5.34. The number of piperazine rings is 1. The molecule has 2 aromatic rings. The highest BCUT2D eigenvalue weighted by atomic mass is 19.4. The number of primary amides is 1. The third kappa shape index (κ3) is 6.45. The molecular formula is C28H30F5N5O5. The molecule has 232 valence electrons. The molecule has 3 heterocycles. The average Bonchev–Trinajstić information content (AvgIpc) is 3.12. The second-order valence-corrected chi connectivity index (χ2v) is 11.2. The van der Waals surface area contributed by atoms with Crippen molar-refractivity contribution in [3.63, 3.8) is 0 Å². The van der Waals surface area contributed by atoms with E-state index in [1.54, 1.807) is 12.1 Å². The van der Waals surface area contributed by atoms with Crippen molar-refractivity contribution in [3.05, 3.63) is 65.5 Å². The van der Waals surface area contributed by atoms with E-state index in [2.05, 4.69) is 4.98 Å². The van der Waals surface area contributed by atoms with Gasteiger partial charge in [-0.3, -0.25) is 24.3 Å². The number of imide groups is 1. The maximum absolute atomic E-state index is 14.1. The number of carbonyl (C=O) groups is 4. The maximum Gasteiger partial charge on any atom is 0.406 e. The van der Waals surface area contributed by atoms with Crippen molar-refractivity contribution in [2.75, 3.05) is 32.8 Å². The summed E-state index contributed by atoms with van der Waals surface area (Å²) in [7, 11) is 0. The molecule has 2 atom stereocenters. The Morgan fingerprint density at radius 2 is 1.86 bits per heavy atom. The molecule has 2 aliphatic heterocycles. The first-order valence-corrected chi connectivity index (χ1v) is 13.3. The predicted octanol–water partition coefficient (Wildman–Crippen LogP) is 2.65. The number of ether oxygens (including phenoxy) is 1.